The van der Waals surface area contributed by atoms with Crippen molar-refractivity contribution in [2.75, 3.05) is 26.2 Å². The van der Waals surface area contributed by atoms with Crippen LogP contribution in [0.15, 0.2) is 16.7 Å². The lowest BCUT2D eigenvalue weighted by Crippen LogP contribution is -2.47. The van der Waals surface area contributed by atoms with Crippen molar-refractivity contribution in [3.8, 4) is 0 Å². The van der Waals surface area contributed by atoms with Gasteiger partial charge < -0.3 is 14.9 Å². The molecule has 2 atom stereocenters. The molecule has 1 fully saturated rings. The van der Waals surface area contributed by atoms with Crippen LogP contribution in [0.25, 0.3) is 0 Å². The highest BCUT2D eigenvalue weighted by atomic mass is 16.5. The number of furan rings is 1. The third-order valence-electron chi connectivity index (χ3n) is 3.89. The van der Waals surface area contributed by atoms with Gasteiger partial charge in [-0.25, -0.2) is 0 Å². The summed E-state index contributed by atoms with van der Waals surface area (Å²) in [5.41, 5.74) is 7.08. The second kappa shape index (κ2) is 4.80. The smallest absolute Gasteiger partial charge is 0.108 e. The molecular formula is C13H20N2O2. The monoisotopic (exact) mass is 236 g/mol. The predicted molar refractivity (Wildman–Crippen MR) is 64.8 cm³/mol. The van der Waals surface area contributed by atoms with Gasteiger partial charge in [0, 0.05) is 37.7 Å². The molecule has 0 aromatic carbocycles. The van der Waals surface area contributed by atoms with E-state index in [2.05, 4.69) is 11.0 Å². The molecule has 2 heterocycles. The minimum atomic E-state index is 0.195. The zero-order valence-corrected chi connectivity index (χ0v) is 10.1. The molecular weight excluding hydrogens is 216 g/mol. The first-order valence-corrected chi connectivity index (χ1v) is 6.50. The number of hydrogen-bond acceptors (Lipinski definition) is 4. The van der Waals surface area contributed by atoms with E-state index < -0.39 is 0 Å². The van der Waals surface area contributed by atoms with Crippen LogP contribution in [0.1, 0.15) is 30.2 Å². The van der Waals surface area contributed by atoms with Gasteiger partial charge >= 0.3 is 0 Å². The Morgan fingerprint density at radius 2 is 2.41 bits per heavy atom. The molecule has 2 aliphatic rings. The number of rotatable bonds is 2. The Labute approximate surface area is 102 Å². The Bertz CT molecular complexity index is 377. The molecule has 1 aliphatic carbocycles. The summed E-state index contributed by atoms with van der Waals surface area (Å²) < 4.78 is 11.2. The number of hydrogen-bond donors (Lipinski definition) is 1. The second-order valence-electron chi connectivity index (χ2n) is 4.93. The summed E-state index contributed by atoms with van der Waals surface area (Å²) in [6.45, 7) is 3.37. The molecule has 2 N–H and O–H groups in total. The Kier molecular flexibility index (Phi) is 3.18. The van der Waals surface area contributed by atoms with E-state index in [1.807, 2.05) is 6.26 Å². The summed E-state index contributed by atoms with van der Waals surface area (Å²) in [7, 11) is 0. The Morgan fingerprint density at radius 3 is 3.29 bits per heavy atom. The molecule has 4 nitrogen and oxygen atoms in total. The van der Waals surface area contributed by atoms with Crippen LogP contribution in [0.5, 0.6) is 0 Å². The Balaban J connectivity index is 1.77. The quantitative estimate of drug-likeness (QED) is 0.841. The van der Waals surface area contributed by atoms with Crippen molar-refractivity contribution in [1.82, 2.24) is 4.90 Å². The first-order valence-electron chi connectivity index (χ1n) is 6.50. The molecule has 0 amide bonds. The summed E-state index contributed by atoms with van der Waals surface area (Å²) >= 11 is 0. The highest BCUT2D eigenvalue weighted by Gasteiger charge is 2.31. The zero-order chi connectivity index (χ0) is 11.7. The number of morpholine rings is 1. The van der Waals surface area contributed by atoms with E-state index in [4.69, 9.17) is 14.9 Å². The SMILES string of the molecule is NCC1CN(C2CCCc3occc32)CCO1. The standard InChI is InChI=1S/C13H20N2O2/c14-8-10-9-15(5-7-16-10)12-2-1-3-13-11(12)4-6-17-13/h4,6,10,12H,1-3,5,7-9,14H2. The van der Waals surface area contributed by atoms with Gasteiger partial charge in [0.1, 0.15) is 5.76 Å². The number of ether oxygens (including phenoxy) is 1. The van der Waals surface area contributed by atoms with Crippen molar-refractivity contribution in [3.63, 3.8) is 0 Å². The summed E-state index contributed by atoms with van der Waals surface area (Å²) in [5, 5.41) is 0. The highest BCUT2D eigenvalue weighted by molar-refractivity contribution is 5.24. The number of aryl methyl sites for hydroxylation is 1. The van der Waals surface area contributed by atoms with Crippen LogP contribution in [-0.4, -0.2) is 37.2 Å². The molecule has 1 aliphatic heterocycles. The minimum Gasteiger partial charge on any atom is -0.469 e. The van der Waals surface area contributed by atoms with E-state index in [9.17, 15) is 0 Å². The Morgan fingerprint density at radius 1 is 1.47 bits per heavy atom. The van der Waals surface area contributed by atoms with E-state index in [-0.39, 0.29) is 6.10 Å². The van der Waals surface area contributed by atoms with E-state index in [0.717, 1.165) is 26.1 Å². The van der Waals surface area contributed by atoms with Crippen LogP contribution < -0.4 is 5.73 Å². The van der Waals surface area contributed by atoms with Crippen molar-refractivity contribution in [1.29, 1.82) is 0 Å². The summed E-state index contributed by atoms with van der Waals surface area (Å²) in [6.07, 6.45) is 5.55. The van der Waals surface area contributed by atoms with Gasteiger partial charge in [0.25, 0.3) is 0 Å². The van der Waals surface area contributed by atoms with Crippen LogP contribution >= 0.6 is 0 Å². The summed E-state index contributed by atoms with van der Waals surface area (Å²) in [5.74, 6) is 1.18. The lowest BCUT2D eigenvalue weighted by Gasteiger charge is -2.39. The molecule has 3 rings (SSSR count). The molecule has 1 aromatic heterocycles. The van der Waals surface area contributed by atoms with Crippen molar-refractivity contribution < 1.29 is 9.15 Å². The van der Waals surface area contributed by atoms with Gasteiger partial charge in [0.05, 0.1) is 19.0 Å². The molecule has 2 unspecified atom stereocenters. The zero-order valence-electron chi connectivity index (χ0n) is 10.1. The minimum absolute atomic E-state index is 0.195. The lowest BCUT2D eigenvalue weighted by molar-refractivity contribution is -0.0416. The van der Waals surface area contributed by atoms with E-state index in [1.54, 1.807) is 0 Å². The molecule has 0 spiro atoms. The maximum atomic E-state index is 5.70. The Hall–Kier alpha value is -0.840. The van der Waals surface area contributed by atoms with Gasteiger partial charge in [-0.15, -0.1) is 0 Å². The molecule has 1 aromatic rings. The fourth-order valence-corrected chi connectivity index (χ4v) is 3.01. The average Bonchev–Trinajstić information content (AvgIpc) is 2.87. The first kappa shape index (κ1) is 11.3. The van der Waals surface area contributed by atoms with Crippen molar-refractivity contribution in [2.45, 2.75) is 31.4 Å². The molecule has 0 saturated carbocycles. The molecule has 1 saturated heterocycles. The third kappa shape index (κ3) is 2.12. The number of nitrogens with zero attached hydrogens (tertiary/aromatic N) is 1. The van der Waals surface area contributed by atoms with E-state index >= 15 is 0 Å². The maximum absolute atomic E-state index is 5.70. The average molecular weight is 236 g/mol. The molecule has 0 radical (unpaired) electrons. The first-order chi connectivity index (χ1) is 8.38. The summed E-state index contributed by atoms with van der Waals surface area (Å²) in [6, 6.07) is 2.64. The molecule has 17 heavy (non-hydrogen) atoms. The highest BCUT2D eigenvalue weighted by Crippen LogP contribution is 2.35. The van der Waals surface area contributed by atoms with Crippen LogP contribution in [0.2, 0.25) is 0 Å². The third-order valence-corrected chi connectivity index (χ3v) is 3.89. The lowest BCUT2D eigenvalue weighted by atomic mass is 9.91. The fourth-order valence-electron chi connectivity index (χ4n) is 3.01. The molecule has 4 heteroatoms. The number of fused-ring (bicyclic) bond motifs is 1. The van der Waals surface area contributed by atoms with Gasteiger partial charge in [0.15, 0.2) is 0 Å². The van der Waals surface area contributed by atoms with Crippen molar-refractivity contribution in [3.05, 3.63) is 23.7 Å². The number of nitrogens with two attached hydrogens (primary N) is 1. The van der Waals surface area contributed by atoms with Crippen LogP contribution in [0.3, 0.4) is 0 Å². The van der Waals surface area contributed by atoms with Crippen LogP contribution in [0, 0.1) is 0 Å². The predicted octanol–water partition coefficient (Wildman–Crippen LogP) is 1.32. The summed E-state index contributed by atoms with van der Waals surface area (Å²) in [4.78, 5) is 2.51. The van der Waals surface area contributed by atoms with E-state index in [1.165, 1.54) is 24.2 Å². The van der Waals surface area contributed by atoms with Crippen LogP contribution in [-0.2, 0) is 11.2 Å². The van der Waals surface area contributed by atoms with Gasteiger partial charge in [-0.2, -0.15) is 0 Å². The van der Waals surface area contributed by atoms with Gasteiger partial charge in [-0.3, -0.25) is 4.90 Å². The van der Waals surface area contributed by atoms with Gasteiger partial charge in [-0.05, 0) is 18.9 Å². The van der Waals surface area contributed by atoms with Gasteiger partial charge in [-0.1, -0.05) is 0 Å². The largest absolute Gasteiger partial charge is 0.469 e. The topological polar surface area (TPSA) is 51.6 Å². The van der Waals surface area contributed by atoms with E-state index in [0.29, 0.717) is 12.6 Å². The van der Waals surface area contributed by atoms with Crippen molar-refractivity contribution in [2.24, 2.45) is 5.73 Å². The van der Waals surface area contributed by atoms with Crippen molar-refractivity contribution >= 4 is 0 Å². The van der Waals surface area contributed by atoms with Crippen LogP contribution in [0.4, 0.5) is 0 Å². The second-order valence-corrected chi connectivity index (χ2v) is 4.93. The fraction of sp³-hybridized carbons (Fsp3) is 0.692. The van der Waals surface area contributed by atoms with Gasteiger partial charge in [0.2, 0.25) is 0 Å². The molecule has 0 bridgehead atoms. The normalized spacial score (nSPS) is 30.2. The molecule has 94 valence electrons. The maximum Gasteiger partial charge on any atom is 0.108 e.